The topological polar surface area (TPSA) is 9.23 Å². The van der Waals surface area contributed by atoms with Gasteiger partial charge in [0.2, 0.25) is 0 Å². The summed E-state index contributed by atoms with van der Waals surface area (Å²) in [5.41, 5.74) is 4.22. The third-order valence-corrected chi connectivity index (χ3v) is 4.89. The van der Waals surface area contributed by atoms with Gasteiger partial charge in [-0.1, -0.05) is 34.1 Å². The van der Waals surface area contributed by atoms with Gasteiger partial charge in [-0.15, -0.1) is 0 Å². The first-order valence-electron chi connectivity index (χ1n) is 7.47. The minimum absolute atomic E-state index is 0.508. The number of halogens is 1. The van der Waals surface area contributed by atoms with E-state index in [1.54, 1.807) is 0 Å². The lowest BCUT2D eigenvalue weighted by Gasteiger charge is -2.23. The van der Waals surface area contributed by atoms with Crippen LogP contribution in [0.3, 0.4) is 0 Å². The maximum Gasteiger partial charge on any atom is 0.0575 e. The lowest BCUT2D eigenvalue weighted by atomic mass is 9.99. The molecule has 1 aromatic carbocycles. The predicted octanol–water partition coefficient (Wildman–Crippen LogP) is 4.96. The summed E-state index contributed by atoms with van der Waals surface area (Å²) in [7, 11) is 0. The van der Waals surface area contributed by atoms with Crippen LogP contribution in [0.2, 0.25) is 0 Å². The van der Waals surface area contributed by atoms with Crippen molar-refractivity contribution in [1.82, 2.24) is 0 Å². The van der Waals surface area contributed by atoms with E-state index < -0.39 is 0 Å². The maximum absolute atomic E-state index is 5.79. The first-order valence-corrected chi connectivity index (χ1v) is 8.38. The summed E-state index contributed by atoms with van der Waals surface area (Å²) in [5.74, 6) is 0. The molecule has 0 spiro atoms. The molecule has 1 nitrogen and oxygen atoms in total. The van der Waals surface area contributed by atoms with Crippen molar-refractivity contribution in [3.05, 3.63) is 34.9 Å². The van der Waals surface area contributed by atoms with E-state index in [4.69, 9.17) is 4.74 Å². The number of aryl methyl sites for hydroxylation is 2. The zero-order chi connectivity index (χ0) is 13.7. The molecule has 0 bridgehead atoms. The Labute approximate surface area is 125 Å². The van der Waals surface area contributed by atoms with E-state index in [1.165, 1.54) is 48.8 Å². The van der Waals surface area contributed by atoms with E-state index in [-0.39, 0.29) is 0 Å². The summed E-state index contributed by atoms with van der Waals surface area (Å²) in [6, 6.07) is 6.81. The second kappa shape index (κ2) is 7.44. The minimum Gasteiger partial charge on any atom is -0.378 e. The average molecular weight is 325 g/mol. The van der Waals surface area contributed by atoms with Gasteiger partial charge >= 0.3 is 0 Å². The highest BCUT2D eigenvalue weighted by Crippen LogP contribution is 2.22. The molecule has 0 aromatic heterocycles. The summed E-state index contributed by atoms with van der Waals surface area (Å²) < 4.78 is 5.79. The second-order valence-corrected chi connectivity index (χ2v) is 7.08. The molecule has 2 rings (SSSR count). The van der Waals surface area contributed by atoms with Gasteiger partial charge in [0.05, 0.1) is 6.10 Å². The Morgan fingerprint density at radius 1 is 1.26 bits per heavy atom. The number of ether oxygens (including phenoxy) is 1. The Hall–Kier alpha value is -0.340. The van der Waals surface area contributed by atoms with Crippen LogP contribution < -0.4 is 0 Å². The molecule has 0 saturated carbocycles. The number of alkyl halides is 1. The first kappa shape index (κ1) is 15.1. The number of hydrogen-bond donors (Lipinski definition) is 0. The van der Waals surface area contributed by atoms with E-state index >= 15 is 0 Å². The van der Waals surface area contributed by atoms with Crippen molar-refractivity contribution in [1.29, 1.82) is 0 Å². The Morgan fingerprint density at radius 2 is 2.11 bits per heavy atom. The fourth-order valence-corrected chi connectivity index (χ4v) is 3.33. The molecule has 1 heterocycles. The van der Waals surface area contributed by atoms with Crippen LogP contribution in [0.4, 0.5) is 0 Å². The molecule has 19 heavy (non-hydrogen) atoms. The van der Waals surface area contributed by atoms with Crippen LogP contribution in [0, 0.1) is 13.8 Å². The van der Waals surface area contributed by atoms with Crippen molar-refractivity contribution in [2.24, 2.45) is 0 Å². The van der Waals surface area contributed by atoms with Crippen LogP contribution in [0.5, 0.6) is 0 Å². The lowest BCUT2D eigenvalue weighted by Crippen LogP contribution is -2.20. The van der Waals surface area contributed by atoms with E-state index in [1.807, 2.05) is 0 Å². The van der Waals surface area contributed by atoms with Gasteiger partial charge in [0.1, 0.15) is 0 Å². The molecule has 2 heteroatoms. The van der Waals surface area contributed by atoms with Crippen LogP contribution in [-0.4, -0.2) is 17.5 Å². The summed E-state index contributed by atoms with van der Waals surface area (Å²) in [6.07, 6.45) is 7.87. The normalized spacial score (nSPS) is 21.3. The van der Waals surface area contributed by atoms with Gasteiger partial charge in [0, 0.05) is 11.4 Å². The Balaban J connectivity index is 1.76. The highest BCUT2D eigenvalue weighted by molar-refractivity contribution is 9.09. The van der Waals surface area contributed by atoms with Crippen LogP contribution in [-0.2, 0) is 11.2 Å². The fraction of sp³-hybridized carbons (Fsp3) is 0.647. The molecular formula is C17H25BrO. The van der Waals surface area contributed by atoms with E-state index in [2.05, 4.69) is 48.0 Å². The zero-order valence-corrected chi connectivity index (χ0v) is 13.7. The van der Waals surface area contributed by atoms with Crippen molar-refractivity contribution in [2.45, 2.75) is 63.3 Å². The van der Waals surface area contributed by atoms with Crippen molar-refractivity contribution in [3.8, 4) is 0 Å². The van der Waals surface area contributed by atoms with Crippen LogP contribution in [0.1, 0.15) is 48.8 Å². The highest BCUT2D eigenvalue weighted by atomic mass is 79.9. The summed E-state index contributed by atoms with van der Waals surface area (Å²) in [4.78, 5) is 0.570. The fourth-order valence-electron chi connectivity index (χ4n) is 2.69. The van der Waals surface area contributed by atoms with Crippen molar-refractivity contribution in [3.63, 3.8) is 0 Å². The van der Waals surface area contributed by atoms with E-state index in [0.29, 0.717) is 10.9 Å². The van der Waals surface area contributed by atoms with Crippen LogP contribution in [0.15, 0.2) is 18.2 Å². The monoisotopic (exact) mass is 324 g/mol. The van der Waals surface area contributed by atoms with Gasteiger partial charge in [-0.3, -0.25) is 0 Å². The molecule has 2 unspecified atom stereocenters. The molecule has 2 atom stereocenters. The summed E-state index contributed by atoms with van der Waals surface area (Å²) >= 11 is 3.83. The van der Waals surface area contributed by atoms with Crippen molar-refractivity contribution < 1.29 is 4.74 Å². The molecule has 0 radical (unpaired) electrons. The highest BCUT2D eigenvalue weighted by Gasteiger charge is 2.15. The molecule has 1 aliphatic heterocycles. The zero-order valence-electron chi connectivity index (χ0n) is 12.1. The SMILES string of the molecule is Cc1ccc(CC(Br)CCC2CCCCO2)cc1C. The quantitative estimate of drug-likeness (QED) is 0.695. The Morgan fingerprint density at radius 3 is 2.79 bits per heavy atom. The number of rotatable bonds is 5. The molecule has 0 aliphatic carbocycles. The Bertz CT molecular complexity index is 396. The van der Waals surface area contributed by atoms with E-state index in [9.17, 15) is 0 Å². The lowest BCUT2D eigenvalue weighted by molar-refractivity contribution is 0.0102. The molecule has 0 amide bonds. The minimum atomic E-state index is 0.508. The number of benzene rings is 1. The van der Waals surface area contributed by atoms with Crippen LogP contribution >= 0.6 is 15.9 Å². The van der Waals surface area contributed by atoms with Gasteiger partial charge in [-0.2, -0.15) is 0 Å². The van der Waals surface area contributed by atoms with Gasteiger partial charge in [-0.25, -0.2) is 0 Å². The van der Waals surface area contributed by atoms with Gasteiger partial charge in [0.25, 0.3) is 0 Å². The summed E-state index contributed by atoms with van der Waals surface area (Å²) in [6.45, 7) is 5.33. The van der Waals surface area contributed by atoms with Gasteiger partial charge < -0.3 is 4.74 Å². The Kier molecular flexibility index (Phi) is 5.90. The number of hydrogen-bond acceptors (Lipinski definition) is 1. The largest absolute Gasteiger partial charge is 0.378 e. The molecule has 106 valence electrons. The maximum atomic E-state index is 5.79. The molecule has 1 fully saturated rings. The first-order chi connectivity index (χ1) is 9.15. The summed E-state index contributed by atoms with van der Waals surface area (Å²) in [5, 5.41) is 0. The van der Waals surface area contributed by atoms with Gasteiger partial charge in [-0.05, 0) is 69.1 Å². The van der Waals surface area contributed by atoms with Gasteiger partial charge in [0.15, 0.2) is 0 Å². The van der Waals surface area contributed by atoms with Crippen molar-refractivity contribution >= 4 is 15.9 Å². The second-order valence-electron chi connectivity index (χ2n) is 5.79. The standard InChI is InChI=1S/C17H25BrO/c1-13-6-7-15(11-14(13)2)12-16(18)8-9-17-5-3-4-10-19-17/h6-7,11,16-17H,3-5,8-10,12H2,1-2H3. The molecule has 1 saturated heterocycles. The van der Waals surface area contributed by atoms with Crippen molar-refractivity contribution in [2.75, 3.05) is 6.61 Å². The molecule has 1 aromatic rings. The third kappa shape index (κ3) is 4.92. The average Bonchev–Trinajstić information content (AvgIpc) is 2.42. The van der Waals surface area contributed by atoms with E-state index in [0.717, 1.165) is 13.0 Å². The third-order valence-electron chi connectivity index (χ3n) is 4.10. The molecule has 0 N–H and O–H groups in total. The predicted molar refractivity (Wildman–Crippen MR) is 85.2 cm³/mol. The molecular weight excluding hydrogens is 300 g/mol. The smallest absolute Gasteiger partial charge is 0.0575 e. The molecule has 1 aliphatic rings. The van der Waals surface area contributed by atoms with Crippen LogP contribution in [0.25, 0.3) is 0 Å².